The predicted molar refractivity (Wildman–Crippen MR) is 59.4 cm³/mol. The third-order valence-corrected chi connectivity index (χ3v) is 3.30. The minimum atomic E-state index is -1.82. The van der Waals surface area contributed by atoms with Crippen molar-refractivity contribution in [3.63, 3.8) is 0 Å². The summed E-state index contributed by atoms with van der Waals surface area (Å²) in [6.45, 7) is 4.94. The van der Waals surface area contributed by atoms with Gasteiger partial charge in [-0.05, 0) is 26.3 Å². The molecule has 19 heavy (non-hydrogen) atoms. The molecule has 0 aromatic rings. The van der Waals surface area contributed by atoms with E-state index >= 15 is 0 Å². The number of aliphatic hydroxyl groups is 1. The molecule has 2 aliphatic rings. The van der Waals surface area contributed by atoms with E-state index in [4.69, 9.17) is 9.47 Å². The van der Waals surface area contributed by atoms with Gasteiger partial charge in [-0.2, -0.15) is 0 Å². The van der Waals surface area contributed by atoms with Gasteiger partial charge in [0.25, 0.3) is 0 Å². The van der Waals surface area contributed by atoms with Crippen LogP contribution in [0.25, 0.3) is 0 Å². The molecule has 0 spiro atoms. The van der Waals surface area contributed by atoms with E-state index in [2.05, 4.69) is 4.74 Å². The number of alkyl halides is 1. The summed E-state index contributed by atoms with van der Waals surface area (Å²) in [5, 5.41) is 9.89. The number of rotatable bonds is 1. The first-order chi connectivity index (χ1) is 8.28. The molecule has 1 aliphatic heterocycles. The first-order valence-corrected chi connectivity index (χ1v) is 5.75. The molecule has 0 aromatic heterocycles. The van der Waals surface area contributed by atoms with Crippen LogP contribution in [0.4, 0.5) is 4.39 Å². The van der Waals surface area contributed by atoms with Gasteiger partial charge in [0.1, 0.15) is 18.3 Å². The van der Waals surface area contributed by atoms with Crippen LogP contribution in [-0.2, 0) is 19.0 Å². The average Bonchev–Trinajstić information content (AvgIpc) is 2.62. The zero-order valence-electron chi connectivity index (χ0n) is 11.3. The van der Waals surface area contributed by atoms with Crippen LogP contribution in [-0.4, -0.2) is 48.5 Å². The molecule has 1 N–H and O–H groups in total. The summed E-state index contributed by atoms with van der Waals surface area (Å²) in [7, 11) is 1.17. The Bertz CT molecular complexity index is 409. The number of hydrogen-bond donors (Lipinski definition) is 1. The zero-order chi connectivity index (χ0) is 13.7. The van der Waals surface area contributed by atoms with E-state index in [1.165, 1.54) is 7.11 Å². The van der Waals surface area contributed by atoms with Gasteiger partial charge in [-0.25, -0.2) is 9.18 Å². The molecule has 0 saturated carbocycles. The average molecular weight is 487 g/mol. The molecule has 1 radical (unpaired) electrons. The Kier molecular flexibility index (Phi) is 5.59. The fourth-order valence-electron chi connectivity index (χ4n) is 2.47. The van der Waals surface area contributed by atoms with Gasteiger partial charge in [-0.1, -0.05) is 0 Å². The number of ether oxygens (including phenoxy) is 3. The maximum Gasteiger partial charge on any atom is 0.336 e. The monoisotopic (exact) mass is 487 g/mol. The standard InChI is InChI=1S/C12H17FO5.Ac/c1-5-6(11(15)16-4)7(13)8(14)10-9(5)17-12(2,3)18-10;/h7-10,14H,1-4H3;. The SMILES string of the molecule is COC(=O)C1=C(C)C2OC(C)(C)OC2C(O)C1F.[Ac]. The largest absolute Gasteiger partial charge is 0.466 e. The van der Waals surface area contributed by atoms with Crippen LogP contribution < -0.4 is 0 Å². The number of methoxy groups -OCH3 is 1. The number of hydrogen-bond acceptors (Lipinski definition) is 5. The maximum absolute atomic E-state index is 14.1. The van der Waals surface area contributed by atoms with Crippen LogP contribution >= 0.6 is 0 Å². The molecule has 0 aromatic carbocycles. The van der Waals surface area contributed by atoms with E-state index in [1.807, 2.05) is 0 Å². The smallest absolute Gasteiger partial charge is 0.336 e. The number of carbonyl (C=O) groups is 1. The molecule has 1 fully saturated rings. The summed E-state index contributed by atoms with van der Waals surface area (Å²) in [5.41, 5.74) is 0.239. The minimum Gasteiger partial charge on any atom is -0.466 e. The van der Waals surface area contributed by atoms with E-state index in [0.717, 1.165) is 0 Å². The molecule has 1 saturated heterocycles. The van der Waals surface area contributed by atoms with Crippen molar-refractivity contribution >= 4 is 5.97 Å². The second kappa shape index (κ2) is 6.07. The number of esters is 1. The van der Waals surface area contributed by atoms with E-state index in [-0.39, 0.29) is 49.6 Å². The Hall–Kier alpha value is 0.462. The number of aliphatic hydroxyl groups excluding tert-OH is 1. The number of fused-ring (bicyclic) bond motifs is 1. The predicted octanol–water partition coefficient (Wildman–Crippen LogP) is 0.709. The van der Waals surface area contributed by atoms with Crippen LogP contribution in [0.5, 0.6) is 0 Å². The van der Waals surface area contributed by atoms with E-state index in [1.54, 1.807) is 20.8 Å². The van der Waals surface area contributed by atoms with Gasteiger partial charge in [0, 0.05) is 44.1 Å². The summed E-state index contributed by atoms with van der Waals surface area (Å²) in [4.78, 5) is 11.6. The quantitative estimate of drug-likeness (QED) is 0.553. The summed E-state index contributed by atoms with van der Waals surface area (Å²) >= 11 is 0. The van der Waals surface area contributed by atoms with Crippen molar-refractivity contribution in [3.8, 4) is 0 Å². The maximum atomic E-state index is 14.1. The van der Waals surface area contributed by atoms with Gasteiger partial charge in [-0.15, -0.1) is 0 Å². The van der Waals surface area contributed by atoms with Crippen molar-refractivity contribution in [3.05, 3.63) is 11.1 Å². The molecule has 4 atom stereocenters. The van der Waals surface area contributed by atoms with Crippen LogP contribution in [0.1, 0.15) is 20.8 Å². The van der Waals surface area contributed by atoms with Gasteiger partial charge in [0.15, 0.2) is 12.0 Å². The Labute approximate surface area is 147 Å². The summed E-state index contributed by atoms with van der Waals surface area (Å²) in [6.07, 6.45) is -4.69. The van der Waals surface area contributed by atoms with Gasteiger partial charge >= 0.3 is 5.97 Å². The van der Waals surface area contributed by atoms with Gasteiger partial charge in [-0.3, -0.25) is 0 Å². The second-order valence-electron chi connectivity index (χ2n) is 5.00. The van der Waals surface area contributed by atoms with Crippen LogP contribution in [0.2, 0.25) is 0 Å². The number of carbonyl (C=O) groups excluding carboxylic acids is 1. The third kappa shape index (κ3) is 3.06. The van der Waals surface area contributed by atoms with Crippen molar-refractivity contribution in [1.82, 2.24) is 0 Å². The van der Waals surface area contributed by atoms with Gasteiger partial charge in [0.2, 0.25) is 0 Å². The number of halogens is 1. The van der Waals surface area contributed by atoms with Crippen molar-refractivity contribution in [1.29, 1.82) is 0 Å². The Morgan fingerprint density at radius 2 is 2.00 bits per heavy atom. The molecule has 1 aliphatic carbocycles. The van der Waals surface area contributed by atoms with Gasteiger partial charge in [0.05, 0.1) is 12.7 Å². The van der Waals surface area contributed by atoms with Crippen molar-refractivity contribution in [2.45, 2.75) is 51.0 Å². The molecular formula is C12H17AcFO5. The molecule has 1 heterocycles. The fraction of sp³-hybridized carbons (Fsp3) is 0.750. The molecule has 0 amide bonds. The van der Waals surface area contributed by atoms with E-state index < -0.39 is 36.2 Å². The normalized spacial score (nSPS) is 36.5. The van der Waals surface area contributed by atoms with Crippen LogP contribution in [0.15, 0.2) is 11.1 Å². The van der Waals surface area contributed by atoms with Crippen molar-refractivity contribution < 1.29 is 72.6 Å². The Morgan fingerprint density at radius 1 is 1.42 bits per heavy atom. The van der Waals surface area contributed by atoms with E-state index in [9.17, 15) is 14.3 Å². The van der Waals surface area contributed by atoms with Crippen molar-refractivity contribution in [2.24, 2.45) is 0 Å². The topological polar surface area (TPSA) is 65.0 Å². The second-order valence-corrected chi connectivity index (χ2v) is 5.00. The molecule has 105 valence electrons. The third-order valence-electron chi connectivity index (χ3n) is 3.30. The first-order valence-electron chi connectivity index (χ1n) is 5.75. The van der Waals surface area contributed by atoms with Crippen LogP contribution in [0.3, 0.4) is 0 Å². The van der Waals surface area contributed by atoms with Gasteiger partial charge < -0.3 is 19.3 Å². The summed E-state index contributed by atoms with van der Waals surface area (Å²) in [5.74, 6) is -1.70. The van der Waals surface area contributed by atoms with E-state index in [0.29, 0.717) is 5.57 Å². The fourth-order valence-corrected chi connectivity index (χ4v) is 2.47. The molecule has 4 unspecified atom stereocenters. The first kappa shape index (κ1) is 17.5. The zero-order valence-corrected chi connectivity index (χ0v) is 16.1. The molecular weight excluding hydrogens is 470 g/mol. The Balaban J connectivity index is 0.00000180. The van der Waals surface area contributed by atoms with Crippen molar-refractivity contribution in [2.75, 3.05) is 7.11 Å². The molecule has 5 nitrogen and oxygen atoms in total. The molecule has 7 heteroatoms. The molecule has 2 rings (SSSR count). The minimum absolute atomic E-state index is 0. The summed E-state index contributed by atoms with van der Waals surface area (Å²) in [6, 6.07) is 0. The molecule has 0 bridgehead atoms. The summed E-state index contributed by atoms with van der Waals surface area (Å²) < 4.78 is 29.7. The van der Waals surface area contributed by atoms with Crippen LogP contribution in [0, 0.1) is 44.1 Å². The Morgan fingerprint density at radius 3 is 2.53 bits per heavy atom.